The Morgan fingerprint density at radius 2 is 2.09 bits per heavy atom. The van der Waals surface area contributed by atoms with E-state index in [0.29, 0.717) is 23.6 Å². The molecule has 1 N–H and O–H groups in total. The maximum absolute atomic E-state index is 12.6. The van der Waals surface area contributed by atoms with E-state index in [2.05, 4.69) is 15.0 Å². The summed E-state index contributed by atoms with van der Waals surface area (Å²) in [6, 6.07) is 3.15. The Labute approximate surface area is 136 Å². The fraction of sp³-hybridized carbons (Fsp3) is 0.400. The summed E-state index contributed by atoms with van der Waals surface area (Å²) in [6.07, 6.45) is 1.81. The predicted molar refractivity (Wildman–Crippen MR) is 81.3 cm³/mol. The van der Waals surface area contributed by atoms with Crippen LogP contribution in [0.2, 0.25) is 0 Å². The summed E-state index contributed by atoms with van der Waals surface area (Å²) in [7, 11) is 0. The SMILES string of the molecule is Cc1ncc(C(C)NCc2cc3c(cc2OC(F)F)OCO3)s1. The number of fused-ring (bicyclic) bond motifs is 1. The number of thiazole rings is 1. The highest BCUT2D eigenvalue weighted by molar-refractivity contribution is 7.11. The predicted octanol–water partition coefficient (Wildman–Crippen LogP) is 3.63. The number of benzene rings is 1. The molecule has 1 atom stereocenters. The van der Waals surface area contributed by atoms with Crippen molar-refractivity contribution in [2.75, 3.05) is 6.79 Å². The minimum absolute atomic E-state index is 0.0472. The summed E-state index contributed by atoms with van der Waals surface area (Å²) in [6.45, 7) is 1.48. The molecule has 1 aromatic carbocycles. The van der Waals surface area contributed by atoms with Crippen LogP contribution in [-0.2, 0) is 6.54 Å². The lowest BCUT2D eigenvalue weighted by molar-refractivity contribution is -0.0505. The van der Waals surface area contributed by atoms with E-state index >= 15 is 0 Å². The zero-order valence-electron chi connectivity index (χ0n) is 12.6. The summed E-state index contributed by atoms with van der Waals surface area (Å²) in [5.74, 6) is 1.03. The lowest BCUT2D eigenvalue weighted by Crippen LogP contribution is -2.18. The molecule has 23 heavy (non-hydrogen) atoms. The molecule has 1 aromatic heterocycles. The van der Waals surface area contributed by atoms with Crippen LogP contribution in [0.4, 0.5) is 8.78 Å². The van der Waals surface area contributed by atoms with Gasteiger partial charge in [0.2, 0.25) is 6.79 Å². The van der Waals surface area contributed by atoms with Crippen molar-refractivity contribution >= 4 is 11.3 Å². The highest BCUT2D eigenvalue weighted by atomic mass is 32.1. The Bertz CT molecular complexity index is 693. The molecule has 0 saturated heterocycles. The van der Waals surface area contributed by atoms with Gasteiger partial charge in [-0.05, 0) is 19.9 Å². The van der Waals surface area contributed by atoms with Gasteiger partial charge in [0.25, 0.3) is 0 Å². The average molecular weight is 342 g/mol. The van der Waals surface area contributed by atoms with Crippen molar-refractivity contribution < 1.29 is 23.0 Å². The van der Waals surface area contributed by atoms with Crippen LogP contribution in [0.3, 0.4) is 0 Å². The summed E-state index contributed by atoms with van der Waals surface area (Å²) in [5.41, 5.74) is 0.586. The number of hydrogen-bond acceptors (Lipinski definition) is 6. The molecule has 3 rings (SSSR count). The number of halogens is 2. The molecule has 1 aliphatic rings. The second kappa shape index (κ2) is 6.67. The van der Waals surface area contributed by atoms with Crippen LogP contribution >= 0.6 is 11.3 Å². The highest BCUT2D eigenvalue weighted by Gasteiger charge is 2.20. The van der Waals surface area contributed by atoms with Gasteiger partial charge in [0.15, 0.2) is 11.5 Å². The van der Waals surface area contributed by atoms with Crippen LogP contribution in [0.5, 0.6) is 17.2 Å². The Balaban J connectivity index is 1.75. The van der Waals surface area contributed by atoms with E-state index in [1.807, 2.05) is 20.0 Å². The van der Waals surface area contributed by atoms with Crippen LogP contribution in [0.25, 0.3) is 0 Å². The van der Waals surface area contributed by atoms with Crippen LogP contribution in [0.1, 0.15) is 28.4 Å². The maximum atomic E-state index is 12.6. The van der Waals surface area contributed by atoms with E-state index < -0.39 is 6.61 Å². The number of rotatable bonds is 6. The number of aromatic nitrogens is 1. The fourth-order valence-electron chi connectivity index (χ4n) is 2.25. The van der Waals surface area contributed by atoms with Gasteiger partial charge in [-0.3, -0.25) is 0 Å². The van der Waals surface area contributed by atoms with Crippen LogP contribution < -0.4 is 19.5 Å². The van der Waals surface area contributed by atoms with Gasteiger partial charge in [0.1, 0.15) is 5.75 Å². The fourth-order valence-corrected chi connectivity index (χ4v) is 3.06. The number of hydrogen-bond donors (Lipinski definition) is 1. The molecule has 1 unspecified atom stereocenters. The second-order valence-electron chi connectivity index (χ2n) is 5.08. The monoisotopic (exact) mass is 342 g/mol. The molecule has 2 aromatic rings. The Kier molecular flexibility index (Phi) is 4.63. The normalized spacial score (nSPS) is 14.3. The van der Waals surface area contributed by atoms with E-state index in [1.165, 1.54) is 6.07 Å². The van der Waals surface area contributed by atoms with Crippen LogP contribution in [-0.4, -0.2) is 18.4 Å². The molecule has 1 aliphatic heterocycles. The first-order chi connectivity index (χ1) is 11.0. The lowest BCUT2D eigenvalue weighted by Gasteiger charge is -2.15. The van der Waals surface area contributed by atoms with Gasteiger partial charge in [0, 0.05) is 35.3 Å². The number of nitrogens with zero attached hydrogens (tertiary/aromatic N) is 1. The molecule has 0 spiro atoms. The van der Waals surface area contributed by atoms with Crippen molar-refractivity contribution in [1.82, 2.24) is 10.3 Å². The lowest BCUT2D eigenvalue weighted by atomic mass is 10.1. The zero-order chi connectivity index (χ0) is 16.4. The third kappa shape index (κ3) is 3.70. The first-order valence-electron chi connectivity index (χ1n) is 7.06. The topological polar surface area (TPSA) is 52.6 Å². The molecular weight excluding hydrogens is 326 g/mol. The second-order valence-corrected chi connectivity index (χ2v) is 6.34. The molecule has 8 heteroatoms. The average Bonchev–Trinajstić information content (AvgIpc) is 3.12. The summed E-state index contributed by atoms with van der Waals surface area (Å²) in [5, 5.41) is 4.27. The number of aryl methyl sites for hydroxylation is 1. The van der Waals surface area contributed by atoms with Gasteiger partial charge in [0.05, 0.1) is 5.01 Å². The molecule has 0 bridgehead atoms. The smallest absolute Gasteiger partial charge is 0.387 e. The Morgan fingerprint density at radius 1 is 1.35 bits per heavy atom. The van der Waals surface area contributed by atoms with Crippen LogP contribution in [0.15, 0.2) is 18.3 Å². The van der Waals surface area contributed by atoms with Gasteiger partial charge in [-0.25, -0.2) is 4.98 Å². The highest BCUT2D eigenvalue weighted by Crippen LogP contribution is 2.38. The standard InChI is InChI=1S/C15H16F2N2O3S/c1-8(14-6-19-9(2)23-14)18-5-10-3-12-13(21-7-20-12)4-11(10)22-15(16)17/h3-4,6,8,15,18H,5,7H2,1-2H3. The van der Waals surface area contributed by atoms with Gasteiger partial charge >= 0.3 is 6.61 Å². The van der Waals surface area contributed by atoms with Crippen molar-refractivity contribution in [3.8, 4) is 17.2 Å². The minimum Gasteiger partial charge on any atom is -0.454 e. The van der Waals surface area contributed by atoms with Gasteiger partial charge in [-0.2, -0.15) is 8.78 Å². The van der Waals surface area contributed by atoms with Crippen molar-refractivity contribution in [3.63, 3.8) is 0 Å². The number of ether oxygens (including phenoxy) is 3. The summed E-state index contributed by atoms with van der Waals surface area (Å²) in [4.78, 5) is 5.30. The summed E-state index contributed by atoms with van der Waals surface area (Å²) >= 11 is 1.60. The molecular formula is C15H16F2N2O3S. The number of alkyl halides is 2. The van der Waals surface area contributed by atoms with Crippen LogP contribution in [0, 0.1) is 6.92 Å². The third-order valence-corrected chi connectivity index (χ3v) is 4.53. The zero-order valence-corrected chi connectivity index (χ0v) is 13.5. The molecule has 0 amide bonds. The molecule has 0 fully saturated rings. The van der Waals surface area contributed by atoms with Crippen molar-refractivity contribution in [2.45, 2.75) is 33.0 Å². The molecule has 2 heterocycles. The third-order valence-electron chi connectivity index (χ3n) is 3.44. The van der Waals surface area contributed by atoms with E-state index in [0.717, 1.165) is 9.88 Å². The maximum Gasteiger partial charge on any atom is 0.387 e. The summed E-state index contributed by atoms with van der Waals surface area (Å²) < 4.78 is 40.3. The molecule has 0 saturated carbocycles. The van der Waals surface area contributed by atoms with Crippen molar-refractivity contribution in [3.05, 3.63) is 33.8 Å². The Hall–Kier alpha value is -1.93. The Morgan fingerprint density at radius 3 is 2.74 bits per heavy atom. The minimum atomic E-state index is -2.89. The molecule has 0 radical (unpaired) electrons. The van der Waals surface area contributed by atoms with Gasteiger partial charge < -0.3 is 19.5 Å². The van der Waals surface area contributed by atoms with Crippen molar-refractivity contribution in [1.29, 1.82) is 0 Å². The first-order valence-corrected chi connectivity index (χ1v) is 7.87. The quantitative estimate of drug-likeness (QED) is 0.869. The molecule has 124 valence electrons. The molecule has 5 nitrogen and oxygen atoms in total. The van der Waals surface area contributed by atoms with E-state index in [1.54, 1.807) is 17.4 Å². The van der Waals surface area contributed by atoms with Gasteiger partial charge in [-0.15, -0.1) is 11.3 Å². The molecule has 0 aliphatic carbocycles. The van der Waals surface area contributed by atoms with E-state index in [9.17, 15) is 8.78 Å². The van der Waals surface area contributed by atoms with E-state index in [4.69, 9.17) is 9.47 Å². The number of nitrogens with one attached hydrogen (secondary N) is 1. The van der Waals surface area contributed by atoms with E-state index in [-0.39, 0.29) is 18.6 Å². The van der Waals surface area contributed by atoms with Gasteiger partial charge in [-0.1, -0.05) is 0 Å². The van der Waals surface area contributed by atoms with Crippen molar-refractivity contribution in [2.24, 2.45) is 0 Å². The largest absolute Gasteiger partial charge is 0.454 e. The first kappa shape index (κ1) is 15.9.